The highest BCUT2D eigenvalue weighted by Gasteiger charge is 2.36. The molecule has 38 heavy (non-hydrogen) atoms. The van der Waals surface area contributed by atoms with Crippen molar-refractivity contribution < 1.29 is 23.4 Å². The van der Waals surface area contributed by atoms with Crippen molar-refractivity contribution in [3.8, 4) is 0 Å². The van der Waals surface area contributed by atoms with Crippen molar-refractivity contribution in [3.05, 3.63) is 70.8 Å². The first-order valence-electron chi connectivity index (χ1n) is 13.7. The van der Waals surface area contributed by atoms with Crippen molar-refractivity contribution in [1.82, 2.24) is 10.6 Å². The highest BCUT2D eigenvalue weighted by atomic mass is 19.1. The van der Waals surface area contributed by atoms with Gasteiger partial charge in [-0.05, 0) is 74.3 Å². The van der Waals surface area contributed by atoms with Gasteiger partial charge in [0.05, 0.1) is 12.1 Å². The second-order valence-corrected chi connectivity index (χ2v) is 12.7. The summed E-state index contributed by atoms with van der Waals surface area (Å²) in [7, 11) is 0. The van der Waals surface area contributed by atoms with Gasteiger partial charge < -0.3 is 20.5 Å². The van der Waals surface area contributed by atoms with E-state index in [1.165, 1.54) is 29.7 Å². The number of benzene rings is 2. The molecule has 3 rings (SSSR count). The van der Waals surface area contributed by atoms with Crippen LogP contribution in [0.25, 0.3) is 0 Å². The fourth-order valence-electron chi connectivity index (χ4n) is 5.17. The molecule has 0 saturated heterocycles. The van der Waals surface area contributed by atoms with E-state index < -0.39 is 35.5 Å². The van der Waals surface area contributed by atoms with Crippen LogP contribution in [0.2, 0.25) is 0 Å². The molecule has 1 fully saturated rings. The minimum absolute atomic E-state index is 0.00798. The van der Waals surface area contributed by atoms with E-state index in [0.717, 1.165) is 31.7 Å². The quantitative estimate of drug-likeness (QED) is 0.364. The molecule has 2 aromatic rings. The van der Waals surface area contributed by atoms with Crippen molar-refractivity contribution in [2.75, 3.05) is 6.54 Å². The number of ether oxygens (including phenoxy) is 1. The zero-order chi connectivity index (χ0) is 28.1. The lowest BCUT2D eigenvalue weighted by Gasteiger charge is -2.41. The molecule has 0 bridgehead atoms. The monoisotopic (exact) mass is 530 g/mol. The third kappa shape index (κ3) is 8.50. The largest absolute Gasteiger partial charge is 0.444 e. The van der Waals surface area contributed by atoms with E-state index in [1.54, 1.807) is 20.8 Å². The molecule has 3 N–H and O–H groups in total. The Hall–Kier alpha value is -2.51. The van der Waals surface area contributed by atoms with Gasteiger partial charge in [0.25, 0.3) is 0 Å². The first kappa shape index (κ1) is 30.0. The molecule has 0 aromatic heterocycles. The zero-order valence-electron chi connectivity index (χ0n) is 23.7. The van der Waals surface area contributed by atoms with Crippen LogP contribution in [-0.2, 0) is 22.1 Å². The Bertz CT molecular complexity index is 1070. The normalized spacial score (nSPS) is 17.5. The summed E-state index contributed by atoms with van der Waals surface area (Å²) in [5, 5.41) is 17.7. The molecule has 0 unspecified atom stereocenters. The van der Waals surface area contributed by atoms with Crippen molar-refractivity contribution in [3.63, 3.8) is 0 Å². The number of rotatable bonds is 8. The number of hydrogen-bond acceptors (Lipinski definition) is 4. The molecule has 7 heteroatoms. The maximum Gasteiger partial charge on any atom is 0.407 e. The van der Waals surface area contributed by atoms with E-state index in [0.29, 0.717) is 5.56 Å². The predicted molar refractivity (Wildman–Crippen MR) is 147 cm³/mol. The van der Waals surface area contributed by atoms with E-state index >= 15 is 0 Å². The topological polar surface area (TPSA) is 70.6 Å². The van der Waals surface area contributed by atoms with Gasteiger partial charge in [0.2, 0.25) is 0 Å². The van der Waals surface area contributed by atoms with Gasteiger partial charge in [-0.1, -0.05) is 64.3 Å². The van der Waals surface area contributed by atoms with Crippen LogP contribution in [0.5, 0.6) is 0 Å². The Kier molecular flexibility index (Phi) is 9.58. The van der Waals surface area contributed by atoms with Crippen molar-refractivity contribution in [2.24, 2.45) is 0 Å². The number of aliphatic hydroxyl groups excluding tert-OH is 1. The summed E-state index contributed by atoms with van der Waals surface area (Å²) < 4.78 is 33.2. The Morgan fingerprint density at radius 2 is 1.63 bits per heavy atom. The van der Waals surface area contributed by atoms with Crippen molar-refractivity contribution in [2.45, 2.75) is 109 Å². The molecule has 1 aliphatic carbocycles. The lowest BCUT2D eigenvalue weighted by Crippen LogP contribution is -2.54. The molecule has 1 amide bonds. The fourth-order valence-corrected chi connectivity index (χ4v) is 5.17. The third-order valence-electron chi connectivity index (χ3n) is 7.18. The van der Waals surface area contributed by atoms with Crippen molar-refractivity contribution in [1.29, 1.82) is 0 Å². The van der Waals surface area contributed by atoms with Gasteiger partial charge in [-0.15, -0.1) is 0 Å². The number of carbonyl (C=O) groups excluding carboxylic acids is 1. The molecule has 5 nitrogen and oxygen atoms in total. The molecule has 1 aliphatic rings. The van der Waals surface area contributed by atoms with Gasteiger partial charge in [0.1, 0.15) is 17.2 Å². The van der Waals surface area contributed by atoms with Gasteiger partial charge in [-0.3, -0.25) is 0 Å². The summed E-state index contributed by atoms with van der Waals surface area (Å²) in [6.07, 6.45) is 3.51. The van der Waals surface area contributed by atoms with Crippen LogP contribution in [0.15, 0.2) is 42.5 Å². The summed E-state index contributed by atoms with van der Waals surface area (Å²) >= 11 is 0. The van der Waals surface area contributed by atoms with E-state index in [1.807, 2.05) is 0 Å². The maximum atomic E-state index is 13.9. The second kappa shape index (κ2) is 12.1. The first-order valence-corrected chi connectivity index (χ1v) is 13.7. The van der Waals surface area contributed by atoms with E-state index in [4.69, 9.17) is 4.74 Å². The Balaban J connectivity index is 1.84. The maximum absolute atomic E-state index is 13.9. The van der Waals surface area contributed by atoms with Gasteiger partial charge >= 0.3 is 6.09 Å². The summed E-state index contributed by atoms with van der Waals surface area (Å²) in [6, 6.07) is 11.1. The molecule has 1 saturated carbocycles. The minimum Gasteiger partial charge on any atom is -0.444 e. The molecule has 0 spiro atoms. The number of hydrogen-bond donors (Lipinski definition) is 3. The second-order valence-electron chi connectivity index (χ2n) is 12.7. The van der Waals surface area contributed by atoms with Crippen LogP contribution in [0.3, 0.4) is 0 Å². The van der Waals surface area contributed by atoms with Gasteiger partial charge in [0.15, 0.2) is 0 Å². The van der Waals surface area contributed by atoms with Crippen LogP contribution in [0, 0.1) is 11.6 Å². The minimum atomic E-state index is -1.03. The number of nitrogens with one attached hydrogen (secondary N) is 2. The number of amides is 1. The van der Waals surface area contributed by atoms with E-state index in [-0.39, 0.29) is 23.9 Å². The van der Waals surface area contributed by atoms with E-state index in [2.05, 4.69) is 55.7 Å². The fraction of sp³-hybridized carbons (Fsp3) is 0.581. The van der Waals surface area contributed by atoms with E-state index in [9.17, 15) is 18.7 Å². The molecule has 210 valence electrons. The third-order valence-corrected chi connectivity index (χ3v) is 7.18. The zero-order valence-corrected chi connectivity index (χ0v) is 23.7. The molecule has 2 aromatic carbocycles. The molecule has 0 radical (unpaired) electrons. The van der Waals surface area contributed by atoms with Crippen LogP contribution in [-0.4, -0.2) is 35.5 Å². The predicted octanol–water partition coefficient (Wildman–Crippen LogP) is 6.51. The Labute approximate surface area is 226 Å². The van der Waals surface area contributed by atoms with Crippen LogP contribution in [0.4, 0.5) is 13.6 Å². The lowest BCUT2D eigenvalue weighted by atomic mass is 9.74. The van der Waals surface area contributed by atoms with Crippen LogP contribution in [0.1, 0.15) is 90.3 Å². The first-order chi connectivity index (χ1) is 17.7. The summed E-state index contributed by atoms with van der Waals surface area (Å²) in [6.45, 7) is 12.0. The average molecular weight is 531 g/mol. The lowest BCUT2D eigenvalue weighted by molar-refractivity contribution is 0.0408. The molecule has 0 heterocycles. The smallest absolute Gasteiger partial charge is 0.407 e. The highest BCUT2D eigenvalue weighted by Crippen LogP contribution is 2.38. The average Bonchev–Trinajstić information content (AvgIpc) is 2.80. The van der Waals surface area contributed by atoms with Gasteiger partial charge in [0, 0.05) is 18.2 Å². The Morgan fingerprint density at radius 1 is 1.00 bits per heavy atom. The number of carbonyl (C=O) groups is 1. The molecule has 0 aliphatic heterocycles. The van der Waals surface area contributed by atoms with Gasteiger partial charge in [-0.25, -0.2) is 13.6 Å². The Morgan fingerprint density at radius 3 is 2.21 bits per heavy atom. The number of aliphatic hydroxyl groups is 1. The SMILES string of the molecule is CC(C)(C)OC(=O)N[C@@H](Cc1cc(F)cc(F)c1)[C@H](O)CNC1(c2cccc(C(C)(C)C)c2)CCCCC1. The number of alkyl carbamates (subject to hydrolysis) is 1. The summed E-state index contributed by atoms with van der Waals surface area (Å²) in [5.41, 5.74) is 1.76. The van der Waals surface area contributed by atoms with Crippen LogP contribution >= 0.6 is 0 Å². The summed E-state index contributed by atoms with van der Waals surface area (Å²) in [5.74, 6) is -1.41. The van der Waals surface area contributed by atoms with Crippen molar-refractivity contribution >= 4 is 6.09 Å². The highest BCUT2D eigenvalue weighted by molar-refractivity contribution is 5.68. The number of halogens is 2. The summed E-state index contributed by atoms with van der Waals surface area (Å²) in [4.78, 5) is 12.6. The van der Waals surface area contributed by atoms with Gasteiger partial charge in [-0.2, -0.15) is 0 Å². The molecule has 2 atom stereocenters. The van der Waals surface area contributed by atoms with Crippen LogP contribution < -0.4 is 10.6 Å². The molecular formula is C31H44F2N2O3. The standard InChI is InChI=1S/C31H44F2N2O3/c1-29(2,3)22-11-10-12-23(18-22)31(13-8-7-9-14-31)34-20-27(36)26(35-28(37)38-30(4,5)6)17-21-15-24(32)19-25(33)16-21/h10-12,15-16,18-19,26-27,34,36H,7-9,13-14,17,20H2,1-6H3,(H,35,37)/t26-,27+/m0/s1. The molecular weight excluding hydrogens is 486 g/mol.